The molecule has 0 saturated heterocycles. The van der Waals surface area contributed by atoms with Gasteiger partial charge in [0.1, 0.15) is 0 Å². The number of rotatable bonds is 2. The summed E-state index contributed by atoms with van der Waals surface area (Å²) in [6, 6.07) is 4.17. The number of carbonyl (C=O) groups is 1. The minimum absolute atomic E-state index is 0.0832. The topological polar surface area (TPSA) is 37.0 Å². The molecule has 0 heterocycles. The summed E-state index contributed by atoms with van der Waals surface area (Å²) >= 11 is 0. The van der Waals surface area contributed by atoms with Gasteiger partial charge >= 0.3 is 12.1 Å². The molecule has 1 aromatic carbocycles. The summed E-state index contributed by atoms with van der Waals surface area (Å²) in [6.45, 7) is 0. The van der Waals surface area contributed by atoms with Crippen molar-refractivity contribution in [3.8, 4) is 0 Å². The van der Waals surface area contributed by atoms with E-state index in [1.807, 2.05) is 0 Å². The van der Waals surface area contributed by atoms with E-state index in [1.165, 1.54) is 12.1 Å². The maximum absolute atomic E-state index is 12.1. The molecule has 0 saturated carbocycles. The largest absolute Gasteiger partial charge is 0.416 e. The Morgan fingerprint density at radius 1 is 1.29 bits per heavy atom. The zero-order valence-corrected chi connectivity index (χ0v) is 6.97. The molecule has 0 bridgehead atoms. The van der Waals surface area contributed by atoms with Crippen LogP contribution >= 0.6 is 0 Å². The first-order chi connectivity index (χ1) is 6.39. The van der Waals surface area contributed by atoms with E-state index < -0.39 is 24.1 Å². The van der Waals surface area contributed by atoms with E-state index in [0.717, 1.165) is 12.1 Å². The summed E-state index contributed by atoms with van der Waals surface area (Å²) in [5.41, 5.74) is -0.768. The molecule has 0 aliphatic carbocycles. The lowest BCUT2D eigenvalue weighted by Crippen LogP contribution is -2.06. The maximum atomic E-state index is 12.1. The van der Waals surface area contributed by atoms with E-state index in [9.17, 15) is 23.1 Å². The van der Waals surface area contributed by atoms with Crippen LogP contribution in [0.1, 0.15) is 11.1 Å². The highest BCUT2D eigenvalue weighted by atomic mass is 19.4. The molecule has 75 valence electrons. The fourth-order valence-corrected chi connectivity index (χ4v) is 1.02. The molecule has 0 atom stereocenters. The van der Waals surface area contributed by atoms with Crippen LogP contribution in [0.25, 0.3) is 0 Å². The predicted octanol–water partition coefficient (Wildman–Crippen LogP) is 2.21. The average molecular weight is 203 g/mol. The molecule has 1 radical (unpaired) electrons. The highest BCUT2D eigenvalue weighted by Gasteiger charge is 2.30. The van der Waals surface area contributed by atoms with Crippen LogP contribution in [0.5, 0.6) is 0 Å². The van der Waals surface area contributed by atoms with E-state index in [0.29, 0.717) is 0 Å². The Hall–Kier alpha value is -1.52. The predicted molar refractivity (Wildman–Crippen MR) is 40.8 cm³/mol. The Labute approximate surface area is 78.0 Å². The lowest BCUT2D eigenvalue weighted by molar-refractivity contribution is -0.142. The third kappa shape index (κ3) is 2.76. The number of benzene rings is 1. The van der Waals surface area contributed by atoms with Crippen molar-refractivity contribution in [3.63, 3.8) is 0 Å². The molecular weight excluding hydrogens is 197 g/mol. The van der Waals surface area contributed by atoms with Crippen molar-refractivity contribution in [3.05, 3.63) is 35.4 Å². The van der Waals surface area contributed by atoms with Crippen molar-refractivity contribution in [2.75, 3.05) is 0 Å². The molecule has 0 aliphatic heterocycles. The molecule has 2 nitrogen and oxygen atoms in total. The van der Waals surface area contributed by atoms with Gasteiger partial charge in [-0.2, -0.15) is 13.2 Å². The van der Waals surface area contributed by atoms with Crippen LogP contribution in [0, 0.1) is 0 Å². The lowest BCUT2D eigenvalue weighted by Gasteiger charge is -2.06. The second kappa shape index (κ2) is 3.69. The molecule has 0 amide bonds. The van der Waals surface area contributed by atoms with Crippen LogP contribution in [0.2, 0.25) is 0 Å². The summed E-state index contributed by atoms with van der Waals surface area (Å²) in [6.07, 6.45) is -4.95. The first kappa shape index (κ1) is 10.6. The molecule has 0 aromatic heterocycles. The molecule has 14 heavy (non-hydrogen) atoms. The maximum Gasteiger partial charge on any atom is 0.416 e. The van der Waals surface area contributed by atoms with Crippen LogP contribution in [-0.2, 0) is 22.5 Å². The quantitative estimate of drug-likeness (QED) is 0.725. The summed E-state index contributed by atoms with van der Waals surface area (Å²) in [5, 5.41) is 10.1. The molecular formula is C9H6F3O2. The molecule has 0 fully saturated rings. The van der Waals surface area contributed by atoms with Crippen LogP contribution in [-0.4, -0.2) is 5.97 Å². The van der Waals surface area contributed by atoms with Crippen molar-refractivity contribution < 1.29 is 23.1 Å². The SMILES string of the molecule is [O]C(=O)Cc1cccc(C(F)(F)F)c1. The van der Waals surface area contributed by atoms with Crippen molar-refractivity contribution in [1.29, 1.82) is 0 Å². The highest BCUT2D eigenvalue weighted by molar-refractivity contribution is 5.69. The Bertz CT molecular complexity index is 344. The van der Waals surface area contributed by atoms with Gasteiger partial charge in [0.2, 0.25) is 0 Å². The first-order valence-corrected chi connectivity index (χ1v) is 3.75. The zero-order valence-electron chi connectivity index (χ0n) is 6.97. The number of hydrogen-bond donors (Lipinski definition) is 0. The number of alkyl halides is 3. The summed E-state index contributed by atoms with van der Waals surface area (Å²) in [4.78, 5) is 10.1. The third-order valence-corrected chi connectivity index (χ3v) is 1.60. The van der Waals surface area contributed by atoms with Crippen LogP contribution in [0.4, 0.5) is 13.2 Å². The second-order valence-electron chi connectivity index (χ2n) is 2.75. The van der Waals surface area contributed by atoms with E-state index in [4.69, 9.17) is 0 Å². The fourth-order valence-electron chi connectivity index (χ4n) is 1.02. The van der Waals surface area contributed by atoms with Gasteiger partial charge in [-0.3, -0.25) is 0 Å². The number of carbonyl (C=O) groups excluding carboxylic acids is 1. The van der Waals surface area contributed by atoms with Crippen molar-refractivity contribution >= 4 is 5.97 Å². The average Bonchev–Trinajstić information content (AvgIpc) is 2.01. The standard InChI is InChI=1S/C9H6F3O2/c10-9(11,12)7-3-1-2-6(4-7)5-8(13)14/h1-4H,5H2. The molecule has 0 spiro atoms. The van der Waals surface area contributed by atoms with E-state index in [2.05, 4.69) is 0 Å². The van der Waals surface area contributed by atoms with Crippen LogP contribution < -0.4 is 0 Å². The molecule has 0 unspecified atom stereocenters. The lowest BCUT2D eigenvalue weighted by atomic mass is 10.1. The van der Waals surface area contributed by atoms with Gasteiger partial charge in [0.25, 0.3) is 0 Å². The molecule has 1 aromatic rings. The third-order valence-electron chi connectivity index (χ3n) is 1.60. The Morgan fingerprint density at radius 2 is 1.93 bits per heavy atom. The minimum Gasteiger partial charge on any atom is -0.247 e. The summed E-state index contributed by atoms with van der Waals surface area (Å²) < 4.78 is 36.4. The zero-order chi connectivity index (χ0) is 10.8. The summed E-state index contributed by atoms with van der Waals surface area (Å²) in [7, 11) is 0. The van der Waals surface area contributed by atoms with Gasteiger partial charge in [-0.15, -0.1) is 0 Å². The van der Waals surface area contributed by atoms with Crippen molar-refractivity contribution in [2.45, 2.75) is 12.6 Å². The normalized spacial score (nSPS) is 11.4. The van der Waals surface area contributed by atoms with Gasteiger partial charge < -0.3 is 0 Å². The van der Waals surface area contributed by atoms with Gasteiger partial charge in [-0.05, 0) is 11.6 Å². The van der Waals surface area contributed by atoms with Crippen molar-refractivity contribution in [1.82, 2.24) is 0 Å². The minimum atomic E-state index is -4.44. The van der Waals surface area contributed by atoms with E-state index >= 15 is 0 Å². The van der Waals surface area contributed by atoms with Gasteiger partial charge in [0, 0.05) is 0 Å². The molecule has 1 rings (SSSR count). The van der Waals surface area contributed by atoms with Gasteiger partial charge in [0.05, 0.1) is 12.0 Å². The van der Waals surface area contributed by atoms with Gasteiger partial charge in [0.15, 0.2) is 0 Å². The van der Waals surface area contributed by atoms with E-state index in [1.54, 1.807) is 0 Å². The number of hydrogen-bond acceptors (Lipinski definition) is 1. The molecule has 5 heteroatoms. The fraction of sp³-hybridized carbons (Fsp3) is 0.222. The van der Waals surface area contributed by atoms with E-state index in [-0.39, 0.29) is 5.56 Å². The molecule has 0 N–H and O–H groups in total. The Balaban J connectivity index is 2.95. The first-order valence-electron chi connectivity index (χ1n) is 3.75. The Kier molecular flexibility index (Phi) is 2.78. The summed E-state index contributed by atoms with van der Waals surface area (Å²) in [5.74, 6) is -1.40. The monoisotopic (exact) mass is 203 g/mol. The Morgan fingerprint density at radius 3 is 2.43 bits per heavy atom. The van der Waals surface area contributed by atoms with Gasteiger partial charge in [-0.1, -0.05) is 18.2 Å². The van der Waals surface area contributed by atoms with Crippen LogP contribution in [0.15, 0.2) is 24.3 Å². The molecule has 0 aliphatic rings. The smallest absolute Gasteiger partial charge is 0.247 e. The van der Waals surface area contributed by atoms with Gasteiger partial charge in [-0.25, -0.2) is 9.90 Å². The number of halogens is 3. The second-order valence-corrected chi connectivity index (χ2v) is 2.75. The van der Waals surface area contributed by atoms with Crippen molar-refractivity contribution in [2.24, 2.45) is 0 Å². The highest BCUT2D eigenvalue weighted by Crippen LogP contribution is 2.29. The van der Waals surface area contributed by atoms with Crippen LogP contribution in [0.3, 0.4) is 0 Å².